The first-order chi connectivity index (χ1) is 15.1. The summed E-state index contributed by atoms with van der Waals surface area (Å²) in [7, 11) is 0. The normalized spacial score (nSPS) is 18.0. The van der Waals surface area contributed by atoms with Gasteiger partial charge in [-0.3, -0.25) is 14.6 Å². The van der Waals surface area contributed by atoms with Crippen LogP contribution in [0.1, 0.15) is 20.7 Å². The van der Waals surface area contributed by atoms with Crippen LogP contribution in [-0.2, 0) is 19.1 Å². The number of pyridine rings is 1. The van der Waals surface area contributed by atoms with Gasteiger partial charge in [0.25, 0.3) is 11.8 Å². The lowest BCUT2D eigenvalue weighted by Gasteiger charge is -2.16. The average molecular weight is 416 g/mol. The van der Waals surface area contributed by atoms with Crippen molar-refractivity contribution in [1.82, 2.24) is 4.98 Å². The third-order valence-corrected chi connectivity index (χ3v) is 4.59. The van der Waals surface area contributed by atoms with Gasteiger partial charge >= 0.3 is 11.9 Å². The van der Waals surface area contributed by atoms with Gasteiger partial charge in [-0.2, -0.15) is 0 Å². The van der Waals surface area contributed by atoms with Gasteiger partial charge in [-0.05, 0) is 36.4 Å². The molecular formula is C23H16N2O6. The molecule has 8 nitrogen and oxygen atoms in total. The molecule has 1 saturated heterocycles. The Morgan fingerprint density at radius 2 is 1.19 bits per heavy atom. The Morgan fingerprint density at radius 3 is 1.61 bits per heavy atom. The van der Waals surface area contributed by atoms with E-state index in [1.807, 2.05) is 0 Å². The van der Waals surface area contributed by atoms with Crippen LogP contribution in [0.15, 0.2) is 85.2 Å². The minimum atomic E-state index is -1.63. The van der Waals surface area contributed by atoms with E-state index in [2.05, 4.69) is 4.98 Å². The fraction of sp³-hybridized carbons (Fsp3) is 0.0870. The molecule has 0 aliphatic carbocycles. The van der Waals surface area contributed by atoms with Crippen molar-refractivity contribution in [3.8, 4) is 0 Å². The molecular weight excluding hydrogens is 400 g/mol. The van der Waals surface area contributed by atoms with E-state index in [9.17, 15) is 19.2 Å². The Bertz CT molecular complexity index is 1050. The molecule has 31 heavy (non-hydrogen) atoms. The van der Waals surface area contributed by atoms with Crippen molar-refractivity contribution in [3.63, 3.8) is 0 Å². The number of rotatable bonds is 5. The molecule has 0 N–H and O–H groups in total. The van der Waals surface area contributed by atoms with Crippen molar-refractivity contribution in [1.29, 1.82) is 0 Å². The molecule has 1 aliphatic rings. The third kappa shape index (κ3) is 4.04. The summed E-state index contributed by atoms with van der Waals surface area (Å²) in [6.07, 6.45) is -0.470. The SMILES string of the molecule is O=C(O[C@@H]1C(=O)N(c2cccnc2)C(=O)[C@H]1OC(=O)c1ccccc1)c1ccccc1. The van der Waals surface area contributed by atoms with Crippen molar-refractivity contribution in [3.05, 3.63) is 96.3 Å². The molecule has 154 valence electrons. The highest BCUT2D eigenvalue weighted by Crippen LogP contribution is 2.27. The molecule has 2 aromatic carbocycles. The molecule has 2 amide bonds. The Balaban J connectivity index is 1.64. The zero-order valence-electron chi connectivity index (χ0n) is 16.1. The van der Waals surface area contributed by atoms with E-state index in [4.69, 9.17) is 9.47 Å². The molecule has 0 saturated carbocycles. The van der Waals surface area contributed by atoms with E-state index in [0.29, 0.717) is 0 Å². The fourth-order valence-electron chi connectivity index (χ4n) is 3.10. The summed E-state index contributed by atoms with van der Waals surface area (Å²) in [5.74, 6) is -3.29. The number of anilines is 1. The lowest BCUT2D eigenvalue weighted by Crippen LogP contribution is -2.37. The Kier molecular flexibility index (Phi) is 5.53. The molecule has 0 spiro atoms. The van der Waals surface area contributed by atoms with Crippen LogP contribution in [0.25, 0.3) is 0 Å². The molecule has 0 radical (unpaired) electrons. The highest BCUT2D eigenvalue weighted by atomic mass is 16.6. The van der Waals surface area contributed by atoms with Crippen molar-refractivity contribution in [2.75, 3.05) is 4.90 Å². The monoisotopic (exact) mass is 416 g/mol. The number of carbonyl (C=O) groups is 4. The van der Waals surface area contributed by atoms with Crippen molar-refractivity contribution in [2.45, 2.75) is 12.2 Å². The van der Waals surface area contributed by atoms with Crippen LogP contribution in [0.3, 0.4) is 0 Å². The predicted molar refractivity (Wildman–Crippen MR) is 108 cm³/mol. The first-order valence-corrected chi connectivity index (χ1v) is 9.36. The molecule has 8 heteroatoms. The maximum Gasteiger partial charge on any atom is 0.339 e. The van der Waals surface area contributed by atoms with Crippen molar-refractivity contribution >= 4 is 29.4 Å². The van der Waals surface area contributed by atoms with Crippen LogP contribution in [0, 0.1) is 0 Å². The number of nitrogens with zero attached hydrogens (tertiary/aromatic N) is 2. The second kappa shape index (κ2) is 8.58. The minimum Gasteiger partial charge on any atom is -0.444 e. The van der Waals surface area contributed by atoms with Crippen molar-refractivity contribution < 1.29 is 28.7 Å². The number of benzene rings is 2. The summed E-state index contributed by atoms with van der Waals surface area (Å²) in [5.41, 5.74) is 0.558. The second-order valence-corrected chi connectivity index (χ2v) is 6.61. The van der Waals surface area contributed by atoms with E-state index in [1.54, 1.807) is 42.5 Å². The van der Waals surface area contributed by atoms with Gasteiger partial charge in [-0.25, -0.2) is 14.5 Å². The number of carbonyl (C=O) groups excluding carboxylic acids is 4. The molecule has 0 bridgehead atoms. The quantitative estimate of drug-likeness (QED) is 0.465. The maximum atomic E-state index is 13.0. The van der Waals surface area contributed by atoms with E-state index >= 15 is 0 Å². The number of imide groups is 1. The van der Waals surface area contributed by atoms with Gasteiger partial charge in [0.05, 0.1) is 23.0 Å². The third-order valence-electron chi connectivity index (χ3n) is 4.59. The molecule has 2 atom stereocenters. The molecule has 1 aliphatic heterocycles. The van der Waals surface area contributed by atoms with E-state index in [-0.39, 0.29) is 16.8 Å². The number of esters is 2. The number of ether oxygens (including phenoxy) is 2. The minimum absolute atomic E-state index is 0.177. The highest BCUT2D eigenvalue weighted by Gasteiger charge is 2.53. The van der Waals surface area contributed by atoms with Crippen LogP contribution < -0.4 is 4.90 Å². The summed E-state index contributed by atoms with van der Waals surface area (Å²) in [6.45, 7) is 0. The first kappa shape index (κ1) is 20.0. The standard InChI is InChI=1S/C23H16N2O6/c26-20-18(30-22(28)15-8-3-1-4-9-15)19(31-23(29)16-10-5-2-6-11-16)21(27)25(20)17-12-7-13-24-14-17/h1-14,18-19H/t18-,19-/m0/s1. The van der Waals surface area contributed by atoms with Gasteiger partial charge in [0.15, 0.2) is 0 Å². The fourth-order valence-corrected chi connectivity index (χ4v) is 3.10. The average Bonchev–Trinajstić information content (AvgIpc) is 3.04. The van der Waals surface area contributed by atoms with Crippen LogP contribution >= 0.6 is 0 Å². The molecule has 1 aromatic heterocycles. The summed E-state index contributed by atoms with van der Waals surface area (Å²) >= 11 is 0. The van der Waals surface area contributed by atoms with Crippen LogP contribution in [0.4, 0.5) is 5.69 Å². The summed E-state index contributed by atoms with van der Waals surface area (Å²) in [6, 6.07) is 19.0. The smallest absolute Gasteiger partial charge is 0.339 e. The Hall–Kier alpha value is -4.33. The van der Waals surface area contributed by atoms with Crippen LogP contribution in [0.5, 0.6) is 0 Å². The maximum absolute atomic E-state index is 13.0. The van der Waals surface area contributed by atoms with Gasteiger partial charge in [0.1, 0.15) is 0 Å². The van der Waals surface area contributed by atoms with Gasteiger partial charge in [0.2, 0.25) is 12.2 Å². The molecule has 2 heterocycles. The van der Waals surface area contributed by atoms with E-state index in [0.717, 1.165) is 4.90 Å². The Labute approximate surface area is 177 Å². The van der Waals surface area contributed by atoms with Gasteiger partial charge in [-0.1, -0.05) is 36.4 Å². The number of hydrogen-bond acceptors (Lipinski definition) is 7. The summed E-state index contributed by atoms with van der Waals surface area (Å²) in [4.78, 5) is 55.8. The zero-order chi connectivity index (χ0) is 21.8. The second-order valence-electron chi connectivity index (χ2n) is 6.61. The topological polar surface area (TPSA) is 103 Å². The van der Waals surface area contributed by atoms with Gasteiger partial charge < -0.3 is 9.47 Å². The van der Waals surface area contributed by atoms with E-state index < -0.39 is 36.0 Å². The number of aromatic nitrogens is 1. The van der Waals surface area contributed by atoms with Gasteiger partial charge in [-0.15, -0.1) is 0 Å². The van der Waals surface area contributed by atoms with Gasteiger partial charge in [0, 0.05) is 6.20 Å². The first-order valence-electron chi connectivity index (χ1n) is 9.36. The van der Waals surface area contributed by atoms with Crippen LogP contribution in [0.2, 0.25) is 0 Å². The van der Waals surface area contributed by atoms with Crippen LogP contribution in [-0.4, -0.2) is 40.9 Å². The molecule has 3 aromatic rings. The highest BCUT2D eigenvalue weighted by molar-refractivity contribution is 6.25. The summed E-state index contributed by atoms with van der Waals surface area (Å²) < 4.78 is 10.7. The number of amides is 2. The largest absolute Gasteiger partial charge is 0.444 e. The number of hydrogen-bond donors (Lipinski definition) is 0. The lowest BCUT2D eigenvalue weighted by molar-refractivity contribution is -0.130. The summed E-state index contributed by atoms with van der Waals surface area (Å²) in [5, 5.41) is 0. The lowest BCUT2D eigenvalue weighted by atomic mass is 10.2. The molecule has 4 rings (SSSR count). The van der Waals surface area contributed by atoms with E-state index in [1.165, 1.54) is 42.7 Å². The predicted octanol–water partition coefficient (Wildman–Crippen LogP) is 2.41. The Morgan fingerprint density at radius 1 is 0.710 bits per heavy atom. The zero-order valence-corrected chi connectivity index (χ0v) is 16.1. The molecule has 1 fully saturated rings. The molecule has 0 unspecified atom stereocenters. The van der Waals surface area contributed by atoms with Crippen molar-refractivity contribution in [2.24, 2.45) is 0 Å².